The molecule has 2 aromatic rings. The standard InChI is InChI=1S/C20H23N3O3/c21-18-9-4-14-11-23(12-17(14)18)20(24)13-25-15-5-7-16(8-6-15)26-19-3-1-2-10-22-19/h1-3,5-8,10,14,17-18H,4,9,11-13,21H2. The summed E-state index contributed by atoms with van der Waals surface area (Å²) in [5.74, 6) is 2.90. The first-order chi connectivity index (χ1) is 12.7. The molecule has 2 heterocycles. The van der Waals surface area contributed by atoms with Crippen LogP contribution in [0.1, 0.15) is 12.8 Å². The first-order valence-electron chi connectivity index (χ1n) is 9.04. The third-order valence-corrected chi connectivity index (χ3v) is 5.31. The van der Waals surface area contributed by atoms with E-state index in [1.165, 1.54) is 0 Å². The van der Waals surface area contributed by atoms with Crippen LogP contribution in [0.2, 0.25) is 0 Å². The van der Waals surface area contributed by atoms with E-state index in [0.29, 0.717) is 29.2 Å². The zero-order valence-corrected chi connectivity index (χ0v) is 14.6. The summed E-state index contributed by atoms with van der Waals surface area (Å²) in [6, 6.07) is 12.9. The van der Waals surface area contributed by atoms with E-state index in [9.17, 15) is 4.79 Å². The first kappa shape index (κ1) is 16.8. The molecule has 136 valence electrons. The molecule has 1 aliphatic carbocycles. The van der Waals surface area contributed by atoms with Gasteiger partial charge >= 0.3 is 0 Å². The van der Waals surface area contributed by atoms with E-state index in [4.69, 9.17) is 15.2 Å². The molecule has 1 aromatic heterocycles. The van der Waals surface area contributed by atoms with Gasteiger partial charge in [0.05, 0.1) is 0 Å². The van der Waals surface area contributed by atoms with Crippen LogP contribution < -0.4 is 15.2 Å². The van der Waals surface area contributed by atoms with Crippen LogP contribution in [-0.2, 0) is 4.79 Å². The summed E-state index contributed by atoms with van der Waals surface area (Å²) >= 11 is 0. The molecule has 6 heteroatoms. The molecule has 2 N–H and O–H groups in total. The van der Waals surface area contributed by atoms with Crippen molar-refractivity contribution in [3.05, 3.63) is 48.7 Å². The highest BCUT2D eigenvalue weighted by atomic mass is 16.5. The summed E-state index contributed by atoms with van der Waals surface area (Å²) in [5, 5.41) is 0. The van der Waals surface area contributed by atoms with Gasteiger partial charge in [-0.15, -0.1) is 0 Å². The highest BCUT2D eigenvalue weighted by Gasteiger charge is 2.42. The quantitative estimate of drug-likeness (QED) is 0.893. The predicted molar refractivity (Wildman–Crippen MR) is 97.0 cm³/mol. The third kappa shape index (κ3) is 3.65. The molecule has 0 bridgehead atoms. The Balaban J connectivity index is 1.27. The Morgan fingerprint density at radius 3 is 2.65 bits per heavy atom. The average molecular weight is 353 g/mol. The van der Waals surface area contributed by atoms with E-state index < -0.39 is 0 Å². The second-order valence-electron chi connectivity index (χ2n) is 6.99. The van der Waals surface area contributed by atoms with Crippen LogP contribution >= 0.6 is 0 Å². The van der Waals surface area contributed by atoms with Gasteiger partial charge in [0, 0.05) is 31.4 Å². The van der Waals surface area contributed by atoms with Crippen LogP contribution in [0.5, 0.6) is 17.4 Å². The highest BCUT2D eigenvalue weighted by molar-refractivity contribution is 5.78. The second-order valence-corrected chi connectivity index (χ2v) is 6.99. The van der Waals surface area contributed by atoms with Crippen LogP contribution in [0.3, 0.4) is 0 Å². The van der Waals surface area contributed by atoms with Crippen molar-refractivity contribution in [2.75, 3.05) is 19.7 Å². The van der Waals surface area contributed by atoms with Gasteiger partial charge in [-0.1, -0.05) is 6.07 Å². The molecule has 3 atom stereocenters. The molecule has 4 rings (SSSR count). The Morgan fingerprint density at radius 2 is 1.92 bits per heavy atom. The van der Waals surface area contributed by atoms with Crippen molar-refractivity contribution in [2.45, 2.75) is 18.9 Å². The lowest BCUT2D eigenvalue weighted by Gasteiger charge is -2.19. The SMILES string of the molecule is NC1CCC2CN(C(=O)COc3ccc(Oc4ccccn4)cc3)CC12. The number of rotatable bonds is 5. The fourth-order valence-corrected chi connectivity index (χ4v) is 3.88. The molecule has 0 radical (unpaired) electrons. The van der Waals surface area contributed by atoms with Gasteiger partial charge < -0.3 is 20.1 Å². The van der Waals surface area contributed by atoms with Crippen LogP contribution in [0.25, 0.3) is 0 Å². The van der Waals surface area contributed by atoms with E-state index in [1.54, 1.807) is 36.5 Å². The average Bonchev–Trinajstić information content (AvgIpc) is 3.24. The van der Waals surface area contributed by atoms with Gasteiger partial charge in [-0.3, -0.25) is 4.79 Å². The van der Waals surface area contributed by atoms with Gasteiger partial charge in [0.25, 0.3) is 5.91 Å². The number of fused-ring (bicyclic) bond motifs is 1. The number of hydrogen-bond acceptors (Lipinski definition) is 5. The van der Waals surface area contributed by atoms with Crippen molar-refractivity contribution in [3.63, 3.8) is 0 Å². The van der Waals surface area contributed by atoms with E-state index in [0.717, 1.165) is 25.9 Å². The van der Waals surface area contributed by atoms with Crippen LogP contribution in [0.15, 0.2) is 48.7 Å². The van der Waals surface area contributed by atoms with Crippen molar-refractivity contribution < 1.29 is 14.3 Å². The smallest absolute Gasteiger partial charge is 0.260 e. The van der Waals surface area contributed by atoms with Crippen LogP contribution in [0, 0.1) is 11.8 Å². The number of carbonyl (C=O) groups is 1. The molecular formula is C20H23N3O3. The summed E-state index contributed by atoms with van der Waals surface area (Å²) in [7, 11) is 0. The van der Waals surface area contributed by atoms with Gasteiger partial charge in [0.1, 0.15) is 11.5 Å². The number of pyridine rings is 1. The number of nitrogens with two attached hydrogens (primary N) is 1. The lowest BCUT2D eigenvalue weighted by Crippen LogP contribution is -2.36. The van der Waals surface area contributed by atoms with Gasteiger partial charge in [-0.2, -0.15) is 0 Å². The van der Waals surface area contributed by atoms with Crippen molar-refractivity contribution in [1.29, 1.82) is 0 Å². The van der Waals surface area contributed by atoms with E-state index >= 15 is 0 Å². The van der Waals surface area contributed by atoms with Crippen molar-refractivity contribution in [2.24, 2.45) is 17.6 Å². The Morgan fingerprint density at radius 1 is 1.12 bits per heavy atom. The van der Waals surface area contributed by atoms with Gasteiger partial charge in [0.15, 0.2) is 6.61 Å². The highest BCUT2D eigenvalue weighted by Crippen LogP contribution is 2.37. The monoisotopic (exact) mass is 353 g/mol. The number of hydrogen-bond donors (Lipinski definition) is 1. The Bertz CT molecular complexity index is 751. The molecule has 0 spiro atoms. The summed E-state index contributed by atoms with van der Waals surface area (Å²) in [6.07, 6.45) is 3.90. The maximum Gasteiger partial charge on any atom is 0.260 e. The maximum atomic E-state index is 12.4. The van der Waals surface area contributed by atoms with Gasteiger partial charge in [-0.05, 0) is 55.0 Å². The van der Waals surface area contributed by atoms with Crippen molar-refractivity contribution in [1.82, 2.24) is 9.88 Å². The third-order valence-electron chi connectivity index (χ3n) is 5.31. The molecule has 3 unspecified atom stereocenters. The Labute approximate surface area is 152 Å². The molecule has 1 aliphatic heterocycles. The van der Waals surface area contributed by atoms with Crippen LogP contribution in [-0.4, -0.2) is 41.5 Å². The number of amides is 1. The molecule has 2 fully saturated rings. The van der Waals surface area contributed by atoms with E-state index in [1.807, 2.05) is 17.0 Å². The Kier molecular flexibility index (Phi) is 4.75. The summed E-state index contributed by atoms with van der Waals surface area (Å²) in [4.78, 5) is 18.4. The number of ether oxygens (including phenoxy) is 2. The minimum absolute atomic E-state index is 0.0282. The second kappa shape index (κ2) is 7.33. The number of carbonyl (C=O) groups excluding carboxylic acids is 1. The fourth-order valence-electron chi connectivity index (χ4n) is 3.88. The maximum absolute atomic E-state index is 12.4. The molecule has 1 saturated heterocycles. The number of benzene rings is 1. The summed E-state index contributed by atoms with van der Waals surface area (Å²) in [6.45, 7) is 1.64. The molecule has 26 heavy (non-hydrogen) atoms. The first-order valence-corrected chi connectivity index (χ1v) is 9.04. The molecular weight excluding hydrogens is 330 g/mol. The Hall–Kier alpha value is -2.60. The van der Waals surface area contributed by atoms with Crippen molar-refractivity contribution in [3.8, 4) is 17.4 Å². The summed E-state index contributed by atoms with van der Waals surface area (Å²) in [5.41, 5.74) is 6.13. The molecule has 6 nitrogen and oxygen atoms in total. The number of likely N-dealkylation sites (tertiary alicyclic amines) is 1. The van der Waals surface area contributed by atoms with Gasteiger partial charge in [0.2, 0.25) is 5.88 Å². The minimum atomic E-state index is 0.0282. The van der Waals surface area contributed by atoms with Crippen molar-refractivity contribution >= 4 is 5.91 Å². The topological polar surface area (TPSA) is 77.7 Å². The lowest BCUT2D eigenvalue weighted by molar-refractivity contribution is -0.132. The zero-order valence-electron chi connectivity index (χ0n) is 14.6. The fraction of sp³-hybridized carbons (Fsp3) is 0.400. The minimum Gasteiger partial charge on any atom is -0.484 e. The molecule has 1 saturated carbocycles. The number of aromatic nitrogens is 1. The predicted octanol–water partition coefficient (Wildman–Crippen LogP) is 2.45. The normalized spacial score (nSPS) is 24.3. The zero-order chi connectivity index (χ0) is 17.9. The van der Waals surface area contributed by atoms with Gasteiger partial charge in [-0.25, -0.2) is 4.98 Å². The summed E-state index contributed by atoms with van der Waals surface area (Å²) < 4.78 is 11.3. The lowest BCUT2D eigenvalue weighted by atomic mass is 9.98. The molecule has 1 amide bonds. The van der Waals surface area contributed by atoms with E-state index in [2.05, 4.69) is 4.98 Å². The largest absolute Gasteiger partial charge is 0.484 e. The molecule has 2 aliphatic rings. The van der Waals surface area contributed by atoms with Crippen LogP contribution in [0.4, 0.5) is 0 Å². The molecule has 1 aromatic carbocycles. The van der Waals surface area contributed by atoms with E-state index in [-0.39, 0.29) is 18.6 Å². The number of nitrogens with zero attached hydrogens (tertiary/aromatic N) is 2.